The van der Waals surface area contributed by atoms with Gasteiger partial charge < -0.3 is 4.74 Å². The van der Waals surface area contributed by atoms with Crippen molar-refractivity contribution in [3.8, 4) is 5.75 Å². The average Bonchev–Trinajstić information content (AvgIpc) is 2.75. The maximum Gasteiger partial charge on any atom is 0.185 e. The van der Waals surface area contributed by atoms with Crippen molar-refractivity contribution in [2.45, 2.75) is 11.5 Å². The summed E-state index contributed by atoms with van der Waals surface area (Å²) in [7, 11) is 0. The van der Waals surface area contributed by atoms with E-state index in [1.165, 1.54) is 33.4 Å². The van der Waals surface area contributed by atoms with Crippen LogP contribution in [0, 0.1) is 0 Å². The van der Waals surface area contributed by atoms with E-state index in [0.29, 0.717) is 0 Å². The van der Waals surface area contributed by atoms with Crippen LogP contribution in [-0.2, 0) is 5.60 Å². The molecule has 1 nitrogen and oxygen atoms in total. The van der Waals surface area contributed by atoms with Crippen molar-refractivity contribution < 1.29 is 4.74 Å². The zero-order valence-corrected chi connectivity index (χ0v) is 14.8. The molecule has 0 saturated heterocycles. The van der Waals surface area contributed by atoms with Crippen molar-refractivity contribution in [3.05, 3.63) is 137 Å². The quantitative estimate of drug-likeness (QED) is 0.441. The SMILES string of the molecule is c1ccc(OC23c4ccccc4C(c4ccccc42)c2ccccc23)cc1. The first-order chi connectivity index (χ1) is 13.4. The summed E-state index contributed by atoms with van der Waals surface area (Å²) in [6.07, 6.45) is 0. The number of rotatable bonds is 2. The van der Waals surface area contributed by atoms with Crippen molar-refractivity contribution >= 4 is 0 Å². The normalized spacial score (nSPS) is 21.1. The molecule has 0 aliphatic heterocycles. The number of para-hydroxylation sites is 1. The summed E-state index contributed by atoms with van der Waals surface area (Å²) in [5.41, 5.74) is 7.23. The first-order valence-electron chi connectivity index (χ1n) is 9.42. The third kappa shape index (κ3) is 1.84. The smallest absolute Gasteiger partial charge is 0.185 e. The highest BCUT2D eigenvalue weighted by Gasteiger charge is 2.53. The molecule has 0 atom stereocenters. The van der Waals surface area contributed by atoms with Crippen LogP contribution in [0.15, 0.2) is 103 Å². The number of hydrogen-bond donors (Lipinski definition) is 0. The molecule has 0 radical (unpaired) electrons. The predicted molar refractivity (Wildman–Crippen MR) is 107 cm³/mol. The predicted octanol–water partition coefficient (Wildman–Crippen LogP) is 5.86. The van der Waals surface area contributed by atoms with Gasteiger partial charge in [0.15, 0.2) is 5.60 Å². The van der Waals surface area contributed by atoms with E-state index in [2.05, 4.69) is 72.8 Å². The van der Waals surface area contributed by atoms with Gasteiger partial charge in [-0.2, -0.15) is 0 Å². The Morgan fingerprint density at radius 2 is 0.889 bits per heavy atom. The van der Waals surface area contributed by atoms with Crippen LogP contribution in [0.4, 0.5) is 0 Å². The molecule has 7 rings (SSSR count). The molecule has 3 aliphatic carbocycles. The molecule has 0 saturated carbocycles. The number of hydrogen-bond acceptors (Lipinski definition) is 1. The molecule has 2 bridgehead atoms. The van der Waals surface area contributed by atoms with Crippen LogP contribution in [0.1, 0.15) is 39.3 Å². The topological polar surface area (TPSA) is 9.23 Å². The van der Waals surface area contributed by atoms with E-state index in [1.807, 2.05) is 30.3 Å². The summed E-state index contributed by atoms with van der Waals surface area (Å²) in [5, 5.41) is 0. The lowest BCUT2D eigenvalue weighted by Gasteiger charge is -2.50. The zero-order chi connectivity index (χ0) is 17.8. The molecule has 0 fully saturated rings. The minimum absolute atomic E-state index is 0.273. The summed E-state index contributed by atoms with van der Waals surface area (Å²) >= 11 is 0. The average molecular weight is 346 g/mol. The van der Waals surface area contributed by atoms with E-state index in [1.54, 1.807) is 0 Å². The van der Waals surface area contributed by atoms with E-state index < -0.39 is 5.60 Å². The molecular formula is C26H18O. The van der Waals surface area contributed by atoms with Crippen molar-refractivity contribution in [2.24, 2.45) is 0 Å². The lowest BCUT2D eigenvalue weighted by Crippen LogP contribution is -2.46. The van der Waals surface area contributed by atoms with Gasteiger partial charge in [0.1, 0.15) is 5.75 Å². The van der Waals surface area contributed by atoms with Crippen molar-refractivity contribution in [1.29, 1.82) is 0 Å². The second kappa shape index (κ2) is 5.34. The Hall–Kier alpha value is -3.32. The highest BCUT2D eigenvalue weighted by molar-refractivity contribution is 5.70. The second-order valence-electron chi connectivity index (χ2n) is 7.29. The van der Waals surface area contributed by atoms with Gasteiger partial charge in [0.2, 0.25) is 0 Å². The molecule has 0 aromatic heterocycles. The van der Waals surface area contributed by atoms with E-state index in [-0.39, 0.29) is 5.92 Å². The van der Waals surface area contributed by atoms with Crippen molar-refractivity contribution in [1.82, 2.24) is 0 Å². The van der Waals surface area contributed by atoms with Crippen molar-refractivity contribution in [3.63, 3.8) is 0 Å². The molecule has 0 unspecified atom stereocenters. The van der Waals surface area contributed by atoms with Gasteiger partial charge >= 0.3 is 0 Å². The van der Waals surface area contributed by atoms with E-state index >= 15 is 0 Å². The summed E-state index contributed by atoms with van der Waals surface area (Å²) < 4.78 is 6.91. The van der Waals surface area contributed by atoms with Gasteiger partial charge in [-0.05, 0) is 28.8 Å². The first-order valence-corrected chi connectivity index (χ1v) is 9.42. The fraction of sp³-hybridized carbons (Fsp3) is 0.0769. The Labute approximate surface area is 158 Å². The minimum Gasteiger partial charge on any atom is -0.473 e. The van der Waals surface area contributed by atoms with Gasteiger partial charge in [0, 0.05) is 22.6 Å². The van der Waals surface area contributed by atoms with Crippen LogP contribution in [0.25, 0.3) is 0 Å². The fourth-order valence-corrected chi connectivity index (χ4v) is 4.98. The molecule has 0 N–H and O–H groups in total. The maximum absolute atomic E-state index is 6.91. The first kappa shape index (κ1) is 14.8. The van der Waals surface area contributed by atoms with Gasteiger partial charge in [0.05, 0.1) is 0 Å². The third-order valence-electron chi connectivity index (χ3n) is 5.97. The molecule has 0 heterocycles. The standard InChI is InChI=1S/C26H18O/c1-2-10-18(11-3-1)27-26-22-15-7-4-12-19(22)25(20-13-5-8-16-23(20)26)21-14-6-9-17-24(21)26/h1-17,25H. The lowest BCUT2D eigenvalue weighted by molar-refractivity contribution is 0.142. The lowest BCUT2D eigenvalue weighted by atomic mass is 9.58. The molecule has 27 heavy (non-hydrogen) atoms. The summed E-state index contributed by atoms with van der Waals surface area (Å²) in [6.45, 7) is 0. The Bertz CT molecular complexity index is 1040. The van der Waals surface area contributed by atoms with Crippen LogP contribution in [0.5, 0.6) is 5.75 Å². The Morgan fingerprint density at radius 3 is 1.37 bits per heavy atom. The summed E-state index contributed by atoms with van der Waals surface area (Å²) in [6, 6.07) is 36.5. The Balaban J connectivity index is 1.75. The van der Waals surface area contributed by atoms with Gasteiger partial charge in [0.25, 0.3) is 0 Å². The molecule has 4 aromatic carbocycles. The fourth-order valence-electron chi connectivity index (χ4n) is 4.98. The van der Waals surface area contributed by atoms with Crippen LogP contribution >= 0.6 is 0 Å². The van der Waals surface area contributed by atoms with Crippen LogP contribution < -0.4 is 4.74 Å². The minimum atomic E-state index is -0.611. The Kier molecular flexibility index (Phi) is 2.93. The summed E-state index contributed by atoms with van der Waals surface area (Å²) in [4.78, 5) is 0. The van der Waals surface area contributed by atoms with Gasteiger partial charge in [-0.1, -0.05) is 91.0 Å². The molecule has 128 valence electrons. The second-order valence-corrected chi connectivity index (χ2v) is 7.29. The summed E-state index contributed by atoms with van der Waals surface area (Å²) in [5.74, 6) is 1.16. The molecule has 4 aromatic rings. The maximum atomic E-state index is 6.91. The van der Waals surface area contributed by atoms with Gasteiger partial charge in [-0.25, -0.2) is 0 Å². The molecule has 3 aliphatic rings. The van der Waals surface area contributed by atoms with Gasteiger partial charge in [-0.3, -0.25) is 0 Å². The zero-order valence-electron chi connectivity index (χ0n) is 14.8. The van der Waals surface area contributed by atoms with E-state index in [9.17, 15) is 0 Å². The van der Waals surface area contributed by atoms with Gasteiger partial charge in [-0.15, -0.1) is 0 Å². The molecule has 0 amide bonds. The largest absolute Gasteiger partial charge is 0.473 e. The van der Waals surface area contributed by atoms with Crippen molar-refractivity contribution in [2.75, 3.05) is 0 Å². The number of benzene rings is 4. The van der Waals surface area contributed by atoms with Crippen LogP contribution in [0.3, 0.4) is 0 Å². The molecule has 1 heteroatoms. The highest BCUT2D eigenvalue weighted by atomic mass is 16.5. The number of ether oxygens (including phenoxy) is 1. The van der Waals surface area contributed by atoms with E-state index in [0.717, 1.165) is 5.75 Å². The van der Waals surface area contributed by atoms with Crippen LogP contribution in [0.2, 0.25) is 0 Å². The van der Waals surface area contributed by atoms with E-state index in [4.69, 9.17) is 4.74 Å². The molecule has 0 spiro atoms. The third-order valence-corrected chi connectivity index (χ3v) is 5.97. The van der Waals surface area contributed by atoms with Crippen LogP contribution in [-0.4, -0.2) is 0 Å². The Morgan fingerprint density at radius 1 is 0.481 bits per heavy atom. The molecular weight excluding hydrogens is 328 g/mol. The monoisotopic (exact) mass is 346 g/mol. The highest BCUT2D eigenvalue weighted by Crippen LogP contribution is 2.59.